The number of carboxylic acid groups (broad SMARTS) is 1. The summed E-state index contributed by atoms with van der Waals surface area (Å²) < 4.78 is 0. The van der Waals surface area contributed by atoms with Crippen LogP contribution in [0.3, 0.4) is 0 Å². The van der Waals surface area contributed by atoms with E-state index in [-0.39, 0.29) is 35.4 Å². The number of rotatable bonds is 5. The lowest BCUT2D eigenvalue weighted by molar-refractivity contribution is -0.119. The van der Waals surface area contributed by atoms with Gasteiger partial charge in [0.15, 0.2) is 0 Å². The molecule has 1 aromatic carbocycles. The molecule has 6 nitrogen and oxygen atoms in total. The minimum absolute atomic E-state index is 0.150. The fourth-order valence-corrected chi connectivity index (χ4v) is 1.51. The summed E-state index contributed by atoms with van der Waals surface area (Å²) in [5.41, 5.74) is 5.44. The average Bonchev–Trinajstić information content (AvgIpc) is 2.32. The van der Waals surface area contributed by atoms with Crippen LogP contribution in [0, 0.1) is 5.92 Å². The van der Waals surface area contributed by atoms with Gasteiger partial charge in [-0.3, -0.25) is 4.79 Å². The number of carbonyl (C=O) groups is 2. The zero-order valence-corrected chi connectivity index (χ0v) is 10.0. The SMILES string of the molecule is CCC(CN)C(=O)Nc1ccc(O)cc1C(=O)O. The number of anilines is 1. The van der Waals surface area contributed by atoms with Gasteiger partial charge in [0.05, 0.1) is 17.2 Å². The van der Waals surface area contributed by atoms with Gasteiger partial charge in [-0.1, -0.05) is 6.92 Å². The van der Waals surface area contributed by atoms with Gasteiger partial charge in [-0.15, -0.1) is 0 Å². The van der Waals surface area contributed by atoms with Crippen LogP contribution in [0.15, 0.2) is 18.2 Å². The molecule has 1 unspecified atom stereocenters. The zero-order valence-electron chi connectivity index (χ0n) is 10.0. The van der Waals surface area contributed by atoms with Crippen molar-refractivity contribution in [3.63, 3.8) is 0 Å². The van der Waals surface area contributed by atoms with Gasteiger partial charge in [0.1, 0.15) is 5.75 Å². The van der Waals surface area contributed by atoms with Crippen LogP contribution in [0.25, 0.3) is 0 Å². The molecule has 0 aliphatic rings. The second-order valence-corrected chi connectivity index (χ2v) is 3.87. The van der Waals surface area contributed by atoms with Crippen molar-refractivity contribution in [3.8, 4) is 5.75 Å². The standard InChI is InChI=1S/C12H16N2O4/c1-2-7(6-13)11(16)14-10-4-3-8(15)5-9(10)12(17)18/h3-5,7,15H,2,6,13H2,1H3,(H,14,16)(H,17,18). The molecular weight excluding hydrogens is 236 g/mol. The Balaban J connectivity index is 2.97. The lowest BCUT2D eigenvalue weighted by Crippen LogP contribution is -2.29. The van der Waals surface area contributed by atoms with Crippen molar-refractivity contribution in [3.05, 3.63) is 23.8 Å². The maximum Gasteiger partial charge on any atom is 0.337 e. The van der Waals surface area contributed by atoms with Crippen LogP contribution in [0.5, 0.6) is 5.75 Å². The lowest BCUT2D eigenvalue weighted by atomic mass is 10.1. The number of nitrogens with two attached hydrogens (primary N) is 1. The first-order valence-electron chi connectivity index (χ1n) is 5.56. The molecule has 0 heterocycles. The van der Waals surface area contributed by atoms with E-state index in [0.29, 0.717) is 6.42 Å². The van der Waals surface area contributed by atoms with Crippen LogP contribution in [0.4, 0.5) is 5.69 Å². The molecule has 1 rings (SSSR count). The van der Waals surface area contributed by atoms with Crippen molar-refractivity contribution < 1.29 is 19.8 Å². The first kappa shape index (κ1) is 14.0. The molecule has 0 aromatic heterocycles. The summed E-state index contributed by atoms with van der Waals surface area (Å²) in [6.45, 7) is 2.02. The zero-order chi connectivity index (χ0) is 13.7. The Kier molecular flexibility index (Phi) is 4.67. The fraction of sp³-hybridized carbons (Fsp3) is 0.333. The molecule has 98 valence electrons. The van der Waals surface area contributed by atoms with E-state index in [1.807, 2.05) is 6.92 Å². The Bertz CT molecular complexity index is 455. The van der Waals surface area contributed by atoms with E-state index < -0.39 is 5.97 Å². The normalized spacial score (nSPS) is 11.9. The van der Waals surface area contributed by atoms with Crippen LogP contribution < -0.4 is 11.1 Å². The van der Waals surface area contributed by atoms with Crippen LogP contribution in [0.1, 0.15) is 23.7 Å². The third kappa shape index (κ3) is 3.21. The average molecular weight is 252 g/mol. The highest BCUT2D eigenvalue weighted by molar-refractivity contribution is 6.01. The predicted octanol–water partition coefficient (Wildman–Crippen LogP) is 1.01. The van der Waals surface area contributed by atoms with Crippen molar-refractivity contribution in [2.24, 2.45) is 11.7 Å². The van der Waals surface area contributed by atoms with Crippen molar-refractivity contribution >= 4 is 17.6 Å². The van der Waals surface area contributed by atoms with Crippen molar-refractivity contribution in [2.45, 2.75) is 13.3 Å². The quantitative estimate of drug-likeness (QED) is 0.584. The maximum absolute atomic E-state index is 11.8. The monoisotopic (exact) mass is 252 g/mol. The molecule has 0 saturated carbocycles. The third-order valence-electron chi connectivity index (χ3n) is 2.64. The minimum Gasteiger partial charge on any atom is -0.508 e. The van der Waals surface area contributed by atoms with Gasteiger partial charge in [0.2, 0.25) is 5.91 Å². The molecule has 6 heteroatoms. The van der Waals surface area contributed by atoms with E-state index >= 15 is 0 Å². The largest absolute Gasteiger partial charge is 0.508 e. The summed E-state index contributed by atoms with van der Waals surface area (Å²) in [5.74, 6) is -2.08. The highest BCUT2D eigenvalue weighted by Gasteiger charge is 2.18. The second-order valence-electron chi connectivity index (χ2n) is 3.87. The number of nitrogens with one attached hydrogen (secondary N) is 1. The Hall–Kier alpha value is -2.08. The Morgan fingerprint density at radius 1 is 1.44 bits per heavy atom. The van der Waals surface area contributed by atoms with Crippen molar-refractivity contribution in [2.75, 3.05) is 11.9 Å². The van der Waals surface area contributed by atoms with E-state index in [0.717, 1.165) is 6.07 Å². The number of benzene rings is 1. The van der Waals surface area contributed by atoms with Gasteiger partial charge >= 0.3 is 5.97 Å². The van der Waals surface area contributed by atoms with E-state index in [4.69, 9.17) is 10.8 Å². The number of phenols is 1. The van der Waals surface area contributed by atoms with Crippen LogP contribution in [-0.4, -0.2) is 28.6 Å². The molecule has 0 bridgehead atoms. The highest BCUT2D eigenvalue weighted by Crippen LogP contribution is 2.22. The molecule has 1 aromatic rings. The topological polar surface area (TPSA) is 113 Å². The molecule has 18 heavy (non-hydrogen) atoms. The molecule has 0 radical (unpaired) electrons. The summed E-state index contributed by atoms with van der Waals surface area (Å²) >= 11 is 0. The summed E-state index contributed by atoms with van der Waals surface area (Å²) in [4.78, 5) is 22.8. The van der Waals surface area contributed by atoms with Crippen LogP contribution in [-0.2, 0) is 4.79 Å². The molecule has 5 N–H and O–H groups in total. The molecule has 0 spiro atoms. The van der Waals surface area contributed by atoms with Crippen LogP contribution in [0.2, 0.25) is 0 Å². The number of carbonyl (C=O) groups excluding carboxylic acids is 1. The third-order valence-corrected chi connectivity index (χ3v) is 2.64. The second kappa shape index (κ2) is 6.02. The van der Waals surface area contributed by atoms with E-state index in [2.05, 4.69) is 5.32 Å². The Morgan fingerprint density at radius 3 is 2.61 bits per heavy atom. The number of carboxylic acids is 1. The fourth-order valence-electron chi connectivity index (χ4n) is 1.51. The number of hydrogen-bond acceptors (Lipinski definition) is 4. The lowest BCUT2D eigenvalue weighted by Gasteiger charge is -2.14. The summed E-state index contributed by atoms with van der Waals surface area (Å²) in [6.07, 6.45) is 0.572. The van der Waals surface area contributed by atoms with Gasteiger partial charge in [-0.25, -0.2) is 4.79 Å². The minimum atomic E-state index is -1.22. The number of aromatic carboxylic acids is 1. The smallest absolute Gasteiger partial charge is 0.337 e. The van der Waals surface area contributed by atoms with E-state index in [1.165, 1.54) is 12.1 Å². The first-order chi connectivity index (χ1) is 8.49. The number of hydrogen-bond donors (Lipinski definition) is 4. The Labute approximate surface area is 104 Å². The first-order valence-corrected chi connectivity index (χ1v) is 5.56. The summed E-state index contributed by atoms with van der Waals surface area (Å²) in [6, 6.07) is 3.74. The van der Waals surface area contributed by atoms with Gasteiger partial charge in [0.25, 0.3) is 0 Å². The molecule has 0 fully saturated rings. The van der Waals surface area contributed by atoms with E-state index in [9.17, 15) is 14.7 Å². The number of phenolic OH excluding ortho intramolecular Hbond substituents is 1. The van der Waals surface area contributed by atoms with Crippen molar-refractivity contribution in [1.29, 1.82) is 0 Å². The molecule has 0 saturated heterocycles. The van der Waals surface area contributed by atoms with E-state index in [1.54, 1.807) is 0 Å². The van der Waals surface area contributed by atoms with Gasteiger partial charge in [-0.2, -0.15) is 0 Å². The number of aromatic hydroxyl groups is 1. The molecule has 1 amide bonds. The summed E-state index contributed by atoms with van der Waals surface area (Å²) in [7, 11) is 0. The predicted molar refractivity (Wildman–Crippen MR) is 66.5 cm³/mol. The van der Waals surface area contributed by atoms with Gasteiger partial charge in [0, 0.05) is 6.54 Å². The summed E-state index contributed by atoms with van der Waals surface area (Å²) in [5, 5.41) is 20.7. The van der Waals surface area contributed by atoms with Gasteiger partial charge in [-0.05, 0) is 24.6 Å². The van der Waals surface area contributed by atoms with Crippen LogP contribution >= 0.6 is 0 Å². The van der Waals surface area contributed by atoms with Crippen molar-refractivity contribution in [1.82, 2.24) is 0 Å². The molecule has 0 aliphatic carbocycles. The highest BCUT2D eigenvalue weighted by atomic mass is 16.4. The maximum atomic E-state index is 11.8. The Morgan fingerprint density at radius 2 is 2.11 bits per heavy atom. The van der Waals surface area contributed by atoms with Gasteiger partial charge < -0.3 is 21.3 Å². The number of amides is 1. The molecule has 0 aliphatic heterocycles. The molecule has 1 atom stereocenters. The molecular formula is C12H16N2O4.